The van der Waals surface area contributed by atoms with Crippen molar-refractivity contribution in [2.75, 3.05) is 6.54 Å². The van der Waals surface area contributed by atoms with E-state index in [0.717, 1.165) is 0 Å². The van der Waals surface area contributed by atoms with Crippen molar-refractivity contribution in [2.45, 2.75) is 13.8 Å². The van der Waals surface area contributed by atoms with E-state index in [1.165, 1.54) is 10.8 Å². The van der Waals surface area contributed by atoms with Crippen LogP contribution in [0.4, 0.5) is 0 Å². The number of amides is 1. The normalized spacial score (nSPS) is 11.2. The summed E-state index contributed by atoms with van der Waals surface area (Å²) >= 11 is 12.3. The molecule has 24 heavy (non-hydrogen) atoms. The lowest BCUT2D eigenvalue weighted by Crippen LogP contribution is -2.28. The molecule has 1 amide bonds. The predicted molar refractivity (Wildman–Crippen MR) is 93.4 cm³/mol. The molecule has 0 saturated carbocycles. The minimum absolute atomic E-state index is 0.259. The minimum Gasteiger partial charge on any atom is -0.350 e. The first kappa shape index (κ1) is 16.7. The van der Waals surface area contributed by atoms with Crippen LogP contribution in [0.2, 0.25) is 10.0 Å². The molecule has 1 aromatic carbocycles. The summed E-state index contributed by atoms with van der Waals surface area (Å²) in [5, 5.41) is 16.0. The molecule has 0 unspecified atom stereocenters. The summed E-state index contributed by atoms with van der Waals surface area (Å²) in [6, 6.07) is 6.82. The summed E-state index contributed by atoms with van der Waals surface area (Å²) in [5.41, 5.74) is 2.15. The van der Waals surface area contributed by atoms with Gasteiger partial charge in [-0.2, -0.15) is 9.61 Å². The molecule has 6 nitrogen and oxygen atoms in total. The molecule has 0 spiro atoms. The molecule has 8 heteroatoms. The van der Waals surface area contributed by atoms with Crippen molar-refractivity contribution in [3.05, 3.63) is 46.3 Å². The second-order valence-electron chi connectivity index (χ2n) is 5.77. The van der Waals surface area contributed by atoms with Crippen LogP contribution in [0, 0.1) is 5.92 Å². The van der Waals surface area contributed by atoms with Crippen LogP contribution in [0.1, 0.15) is 24.3 Å². The van der Waals surface area contributed by atoms with Gasteiger partial charge in [0, 0.05) is 22.7 Å². The van der Waals surface area contributed by atoms with Crippen LogP contribution in [0.5, 0.6) is 0 Å². The van der Waals surface area contributed by atoms with Crippen molar-refractivity contribution in [3.63, 3.8) is 0 Å². The summed E-state index contributed by atoms with van der Waals surface area (Å²) in [7, 11) is 0. The predicted octanol–water partition coefficient (Wildman–Crippen LogP) is 3.48. The highest BCUT2D eigenvalue weighted by Gasteiger charge is 2.17. The summed E-state index contributed by atoms with van der Waals surface area (Å²) in [6.07, 6.45) is 1.45. The molecule has 1 N–H and O–H groups in total. The van der Waals surface area contributed by atoms with E-state index in [2.05, 4.69) is 20.6 Å². The zero-order valence-electron chi connectivity index (χ0n) is 13.1. The third-order valence-corrected chi connectivity index (χ3v) is 3.94. The number of fused-ring (bicyclic) bond motifs is 1. The number of rotatable bonds is 4. The van der Waals surface area contributed by atoms with Gasteiger partial charge in [-0.15, -0.1) is 10.2 Å². The number of nitrogens with one attached hydrogen (secondary N) is 1. The van der Waals surface area contributed by atoms with Gasteiger partial charge in [0.25, 0.3) is 5.91 Å². The third kappa shape index (κ3) is 3.34. The van der Waals surface area contributed by atoms with Crippen molar-refractivity contribution < 1.29 is 4.79 Å². The third-order valence-electron chi connectivity index (χ3n) is 3.39. The average molecular weight is 364 g/mol. The van der Waals surface area contributed by atoms with Gasteiger partial charge in [-0.25, -0.2) is 0 Å². The second-order valence-corrected chi connectivity index (χ2v) is 6.61. The average Bonchev–Trinajstić information content (AvgIpc) is 3.00. The van der Waals surface area contributed by atoms with E-state index < -0.39 is 0 Å². The van der Waals surface area contributed by atoms with Crippen LogP contribution in [0.15, 0.2) is 30.6 Å². The summed E-state index contributed by atoms with van der Waals surface area (Å²) in [6.45, 7) is 4.61. The number of benzene rings is 1. The molecule has 2 heterocycles. The fourth-order valence-electron chi connectivity index (χ4n) is 2.23. The van der Waals surface area contributed by atoms with Gasteiger partial charge < -0.3 is 5.32 Å². The molecule has 0 fully saturated rings. The second kappa shape index (κ2) is 6.75. The van der Waals surface area contributed by atoms with Crippen LogP contribution in [0.3, 0.4) is 0 Å². The van der Waals surface area contributed by atoms with E-state index in [1.807, 2.05) is 13.8 Å². The van der Waals surface area contributed by atoms with Gasteiger partial charge in [-0.1, -0.05) is 43.1 Å². The topological polar surface area (TPSA) is 72.2 Å². The number of hydrogen-bond acceptors (Lipinski definition) is 4. The molecule has 0 aliphatic carbocycles. The van der Waals surface area contributed by atoms with E-state index in [-0.39, 0.29) is 11.6 Å². The van der Waals surface area contributed by atoms with E-state index >= 15 is 0 Å². The Hall–Kier alpha value is -2.18. The number of hydrogen-bond donors (Lipinski definition) is 1. The zero-order chi connectivity index (χ0) is 17.3. The van der Waals surface area contributed by atoms with Gasteiger partial charge in [0.1, 0.15) is 12.0 Å². The standard InChI is InChI=1S/C16H15Cl2N5O/c1-9(2)7-19-16(24)14-6-12(15-21-20-8-23(15)22-14)11-4-3-10(17)5-13(11)18/h3-6,8-9H,7H2,1-2H3,(H,19,24). The van der Waals surface area contributed by atoms with Gasteiger partial charge in [0.05, 0.1) is 5.02 Å². The van der Waals surface area contributed by atoms with Gasteiger partial charge in [-0.3, -0.25) is 4.79 Å². The number of aromatic nitrogens is 4. The lowest BCUT2D eigenvalue weighted by molar-refractivity contribution is 0.0942. The summed E-state index contributed by atoms with van der Waals surface area (Å²) < 4.78 is 1.46. The molecule has 0 bridgehead atoms. The lowest BCUT2D eigenvalue weighted by atomic mass is 10.1. The van der Waals surface area contributed by atoms with Gasteiger partial charge in [0.2, 0.25) is 0 Å². The molecule has 0 aliphatic heterocycles. The van der Waals surface area contributed by atoms with E-state index in [0.29, 0.717) is 39.3 Å². The quantitative estimate of drug-likeness (QED) is 0.769. The zero-order valence-corrected chi connectivity index (χ0v) is 14.6. The Morgan fingerprint density at radius 3 is 2.75 bits per heavy atom. The van der Waals surface area contributed by atoms with Gasteiger partial charge in [0.15, 0.2) is 5.65 Å². The highest BCUT2D eigenvalue weighted by molar-refractivity contribution is 6.36. The Morgan fingerprint density at radius 1 is 1.25 bits per heavy atom. The van der Waals surface area contributed by atoms with Gasteiger partial charge in [-0.05, 0) is 24.1 Å². The van der Waals surface area contributed by atoms with E-state index in [1.54, 1.807) is 24.3 Å². The maximum absolute atomic E-state index is 12.4. The van der Waals surface area contributed by atoms with Crippen molar-refractivity contribution in [3.8, 4) is 11.1 Å². The maximum atomic E-state index is 12.4. The molecule has 3 rings (SSSR count). The van der Waals surface area contributed by atoms with Crippen molar-refractivity contribution in [2.24, 2.45) is 5.92 Å². The first-order chi connectivity index (χ1) is 11.5. The number of carbonyl (C=O) groups excluding carboxylic acids is 1. The molecule has 0 atom stereocenters. The molecule has 0 saturated heterocycles. The molecule has 0 aliphatic rings. The minimum atomic E-state index is -0.259. The molecule has 3 aromatic rings. The summed E-state index contributed by atoms with van der Waals surface area (Å²) in [4.78, 5) is 12.4. The fourth-order valence-corrected chi connectivity index (χ4v) is 2.74. The molecular weight excluding hydrogens is 349 g/mol. The van der Waals surface area contributed by atoms with Crippen LogP contribution < -0.4 is 5.32 Å². The highest BCUT2D eigenvalue weighted by atomic mass is 35.5. The van der Waals surface area contributed by atoms with E-state index in [4.69, 9.17) is 23.2 Å². The number of nitrogens with zero attached hydrogens (tertiary/aromatic N) is 4. The lowest BCUT2D eigenvalue weighted by Gasteiger charge is -2.10. The highest BCUT2D eigenvalue weighted by Crippen LogP contribution is 2.32. The molecule has 2 aromatic heterocycles. The molecule has 124 valence electrons. The monoisotopic (exact) mass is 363 g/mol. The number of carbonyl (C=O) groups is 1. The van der Waals surface area contributed by atoms with Crippen LogP contribution >= 0.6 is 23.2 Å². The van der Waals surface area contributed by atoms with Crippen LogP contribution in [0.25, 0.3) is 16.8 Å². The van der Waals surface area contributed by atoms with Gasteiger partial charge >= 0.3 is 0 Å². The van der Waals surface area contributed by atoms with Crippen molar-refractivity contribution in [1.82, 2.24) is 25.1 Å². The Labute approximate surface area is 148 Å². The van der Waals surface area contributed by atoms with Crippen molar-refractivity contribution in [1.29, 1.82) is 0 Å². The van der Waals surface area contributed by atoms with Crippen LogP contribution in [-0.4, -0.2) is 32.3 Å². The fraction of sp³-hybridized carbons (Fsp3) is 0.250. The SMILES string of the molecule is CC(C)CNC(=O)c1cc(-c2ccc(Cl)cc2Cl)c2nncn2n1. The Morgan fingerprint density at radius 2 is 2.04 bits per heavy atom. The van der Waals surface area contributed by atoms with Crippen LogP contribution in [-0.2, 0) is 0 Å². The Balaban J connectivity index is 2.10. The number of halogens is 2. The molecule has 0 radical (unpaired) electrons. The Bertz CT molecular complexity index is 907. The first-order valence-corrected chi connectivity index (χ1v) is 8.16. The van der Waals surface area contributed by atoms with Crippen molar-refractivity contribution >= 4 is 34.8 Å². The summed E-state index contributed by atoms with van der Waals surface area (Å²) in [5.74, 6) is 0.0865. The first-order valence-electron chi connectivity index (χ1n) is 7.40. The maximum Gasteiger partial charge on any atom is 0.271 e. The molecular formula is C16H15Cl2N5O. The smallest absolute Gasteiger partial charge is 0.271 e. The Kier molecular flexibility index (Phi) is 4.69. The largest absolute Gasteiger partial charge is 0.350 e. The van der Waals surface area contributed by atoms with E-state index in [9.17, 15) is 4.79 Å².